The quantitative estimate of drug-likeness (QED) is 0.465. The van der Waals surface area contributed by atoms with Crippen molar-refractivity contribution in [2.45, 2.75) is 45.5 Å². The van der Waals surface area contributed by atoms with E-state index in [1.807, 2.05) is 11.3 Å². The largest absolute Gasteiger partial charge is 0.413 e. The molecule has 116 valence electrons. The summed E-state index contributed by atoms with van der Waals surface area (Å²) in [6, 6.07) is 16.6. The van der Waals surface area contributed by atoms with Gasteiger partial charge < -0.3 is 4.43 Å². The van der Waals surface area contributed by atoms with E-state index in [9.17, 15) is 0 Å². The fourth-order valence-corrected chi connectivity index (χ4v) is 5.96. The molecule has 0 saturated carbocycles. The molecule has 0 atom stereocenters. The molecule has 3 heteroatoms. The van der Waals surface area contributed by atoms with Gasteiger partial charge in [-0.15, -0.1) is 11.3 Å². The van der Waals surface area contributed by atoms with Gasteiger partial charge in [0.15, 0.2) is 8.32 Å². The van der Waals surface area contributed by atoms with Gasteiger partial charge in [0, 0.05) is 20.2 Å². The van der Waals surface area contributed by atoms with Gasteiger partial charge in [-0.2, -0.15) is 0 Å². The average Bonchev–Trinajstić information content (AvgIpc) is 2.90. The van der Waals surface area contributed by atoms with Crippen molar-refractivity contribution in [3.8, 4) is 0 Å². The van der Waals surface area contributed by atoms with E-state index in [-0.39, 0.29) is 0 Å². The van der Waals surface area contributed by atoms with Gasteiger partial charge in [0.25, 0.3) is 0 Å². The minimum atomic E-state index is -1.54. The number of rotatable bonds is 6. The lowest BCUT2D eigenvalue weighted by Gasteiger charge is -2.23. The van der Waals surface area contributed by atoms with Gasteiger partial charge in [0.1, 0.15) is 0 Å². The van der Waals surface area contributed by atoms with E-state index in [1.165, 1.54) is 44.6 Å². The highest BCUT2D eigenvalue weighted by atomic mass is 32.1. The zero-order chi connectivity index (χ0) is 15.6. The van der Waals surface area contributed by atoms with Crippen LogP contribution in [-0.2, 0) is 11.0 Å². The first-order chi connectivity index (χ1) is 10.6. The van der Waals surface area contributed by atoms with Crippen LogP contribution in [0.3, 0.4) is 0 Å². The SMILES string of the molecule is CCCC[Si](C)(C)OCc1cccc2sc3ccccc3c12. The molecule has 0 bridgehead atoms. The zero-order valence-corrected chi connectivity index (χ0v) is 15.5. The van der Waals surface area contributed by atoms with Crippen LogP contribution in [0, 0.1) is 0 Å². The molecule has 0 amide bonds. The summed E-state index contributed by atoms with van der Waals surface area (Å²) in [4.78, 5) is 0. The van der Waals surface area contributed by atoms with Gasteiger partial charge in [0.05, 0.1) is 6.61 Å². The van der Waals surface area contributed by atoms with Crippen LogP contribution in [0.5, 0.6) is 0 Å². The summed E-state index contributed by atoms with van der Waals surface area (Å²) in [6.45, 7) is 7.69. The Morgan fingerprint density at radius 3 is 2.59 bits per heavy atom. The third-order valence-electron chi connectivity index (χ3n) is 4.24. The lowest BCUT2D eigenvalue weighted by Crippen LogP contribution is -2.29. The summed E-state index contributed by atoms with van der Waals surface area (Å²) in [5.74, 6) is 0. The van der Waals surface area contributed by atoms with Crippen molar-refractivity contribution in [1.29, 1.82) is 0 Å². The highest BCUT2D eigenvalue weighted by molar-refractivity contribution is 7.25. The summed E-state index contributed by atoms with van der Waals surface area (Å²) in [5, 5.41) is 2.76. The molecular formula is C19H24OSSi. The molecule has 0 spiro atoms. The van der Waals surface area contributed by atoms with Gasteiger partial charge in [-0.3, -0.25) is 0 Å². The second-order valence-corrected chi connectivity index (χ2v) is 11.9. The Hall–Kier alpha value is -1.16. The van der Waals surface area contributed by atoms with Crippen LogP contribution in [-0.4, -0.2) is 8.32 Å². The fraction of sp³-hybridized carbons (Fsp3) is 0.368. The van der Waals surface area contributed by atoms with Crippen molar-refractivity contribution in [3.05, 3.63) is 48.0 Å². The molecule has 1 heterocycles. The smallest absolute Gasteiger partial charge is 0.187 e. The van der Waals surface area contributed by atoms with Crippen LogP contribution in [0.25, 0.3) is 20.2 Å². The first kappa shape index (κ1) is 15.7. The summed E-state index contributed by atoms with van der Waals surface area (Å²) in [7, 11) is -1.54. The number of benzene rings is 2. The minimum absolute atomic E-state index is 0.751. The molecule has 0 fully saturated rings. The van der Waals surface area contributed by atoms with E-state index >= 15 is 0 Å². The van der Waals surface area contributed by atoms with Crippen molar-refractivity contribution in [2.24, 2.45) is 0 Å². The Bertz CT molecular complexity index is 775. The number of hydrogen-bond donors (Lipinski definition) is 0. The molecule has 0 aliphatic carbocycles. The van der Waals surface area contributed by atoms with Crippen molar-refractivity contribution in [2.75, 3.05) is 0 Å². The molecule has 0 aliphatic heterocycles. The first-order valence-electron chi connectivity index (χ1n) is 8.14. The molecule has 0 saturated heterocycles. The first-order valence-corrected chi connectivity index (χ1v) is 12.1. The van der Waals surface area contributed by atoms with Crippen molar-refractivity contribution >= 4 is 39.8 Å². The summed E-state index contributed by atoms with van der Waals surface area (Å²) < 4.78 is 9.13. The Balaban J connectivity index is 1.91. The van der Waals surface area contributed by atoms with Crippen molar-refractivity contribution in [3.63, 3.8) is 0 Å². The van der Waals surface area contributed by atoms with Crippen LogP contribution in [0.2, 0.25) is 19.1 Å². The van der Waals surface area contributed by atoms with E-state index in [4.69, 9.17) is 4.43 Å². The van der Waals surface area contributed by atoms with E-state index in [0.29, 0.717) is 0 Å². The molecule has 3 aromatic rings. The van der Waals surface area contributed by atoms with Gasteiger partial charge >= 0.3 is 0 Å². The molecule has 2 aromatic carbocycles. The second-order valence-electron chi connectivity index (χ2n) is 6.54. The molecule has 1 nitrogen and oxygen atoms in total. The molecule has 0 radical (unpaired) electrons. The fourth-order valence-electron chi connectivity index (χ4n) is 2.92. The Morgan fingerprint density at radius 2 is 1.77 bits per heavy atom. The average molecular weight is 329 g/mol. The maximum absolute atomic E-state index is 6.39. The minimum Gasteiger partial charge on any atom is -0.413 e. The van der Waals surface area contributed by atoms with E-state index in [0.717, 1.165) is 6.61 Å². The Morgan fingerprint density at radius 1 is 1.00 bits per heavy atom. The third-order valence-corrected chi connectivity index (χ3v) is 7.86. The van der Waals surface area contributed by atoms with Crippen molar-refractivity contribution < 1.29 is 4.43 Å². The molecule has 0 unspecified atom stereocenters. The topological polar surface area (TPSA) is 9.23 Å². The van der Waals surface area contributed by atoms with Gasteiger partial charge in [-0.1, -0.05) is 50.1 Å². The highest BCUT2D eigenvalue weighted by Crippen LogP contribution is 2.36. The molecule has 3 rings (SSSR count). The maximum atomic E-state index is 6.39. The zero-order valence-electron chi connectivity index (χ0n) is 13.7. The van der Waals surface area contributed by atoms with E-state index < -0.39 is 8.32 Å². The normalized spacial score (nSPS) is 12.3. The summed E-state index contributed by atoms with van der Waals surface area (Å²) in [5.41, 5.74) is 1.34. The predicted octanol–water partition coefficient (Wildman–Crippen LogP) is 6.58. The van der Waals surface area contributed by atoms with Crippen LogP contribution >= 0.6 is 11.3 Å². The Kier molecular flexibility index (Phi) is 4.66. The molecule has 0 N–H and O–H groups in total. The lowest BCUT2D eigenvalue weighted by atomic mass is 10.1. The maximum Gasteiger partial charge on any atom is 0.187 e. The van der Waals surface area contributed by atoms with Gasteiger partial charge in [0.2, 0.25) is 0 Å². The molecule has 0 aliphatic rings. The van der Waals surface area contributed by atoms with Crippen LogP contribution in [0.15, 0.2) is 42.5 Å². The highest BCUT2D eigenvalue weighted by Gasteiger charge is 2.22. The number of fused-ring (bicyclic) bond motifs is 3. The number of unbranched alkanes of at least 4 members (excludes halogenated alkanes) is 1. The number of hydrogen-bond acceptors (Lipinski definition) is 2. The summed E-state index contributed by atoms with van der Waals surface area (Å²) >= 11 is 1.88. The van der Waals surface area contributed by atoms with Crippen LogP contribution < -0.4 is 0 Å². The second kappa shape index (κ2) is 6.53. The standard InChI is InChI=1S/C19H24OSSi/c1-4-5-13-22(2,3)20-14-15-9-8-12-18-19(15)16-10-6-7-11-17(16)21-18/h6-12H,4-5,13-14H2,1-3H3. The van der Waals surface area contributed by atoms with Gasteiger partial charge in [-0.05, 0) is 36.8 Å². The van der Waals surface area contributed by atoms with Crippen LogP contribution in [0.1, 0.15) is 25.3 Å². The summed E-state index contributed by atoms with van der Waals surface area (Å²) in [6.07, 6.45) is 2.54. The van der Waals surface area contributed by atoms with Crippen LogP contribution in [0.4, 0.5) is 0 Å². The lowest BCUT2D eigenvalue weighted by molar-refractivity contribution is 0.295. The molecule has 1 aromatic heterocycles. The van der Waals surface area contributed by atoms with Gasteiger partial charge in [-0.25, -0.2) is 0 Å². The monoisotopic (exact) mass is 328 g/mol. The van der Waals surface area contributed by atoms with E-state index in [2.05, 4.69) is 62.5 Å². The predicted molar refractivity (Wildman–Crippen MR) is 101 cm³/mol. The van der Waals surface area contributed by atoms with E-state index in [1.54, 1.807) is 0 Å². The molecule has 22 heavy (non-hydrogen) atoms. The Labute approximate surface area is 138 Å². The van der Waals surface area contributed by atoms with Crippen molar-refractivity contribution in [1.82, 2.24) is 0 Å². The molecular weight excluding hydrogens is 304 g/mol. The number of thiophene rings is 1. The third kappa shape index (κ3) is 3.27.